The second kappa shape index (κ2) is 10.1. The van der Waals surface area contributed by atoms with Crippen LogP contribution in [0.15, 0.2) is 54.7 Å². The van der Waals surface area contributed by atoms with Gasteiger partial charge in [0.15, 0.2) is 0 Å². The molecule has 0 fully saturated rings. The number of benzene rings is 2. The van der Waals surface area contributed by atoms with E-state index in [0.29, 0.717) is 23.9 Å². The maximum Gasteiger partial charge on any atom is 0.243 e. The van der Waals surface area contributed by atoms with Crippen LogP contribution in [0.2, 0.25) is 0 Å². The lowest BCUT2D eigenvalue weighted by Crippen LogP contribution is -2.55. The molecule has 1 atom stereocenters. The highest BCUT2D eigenvalue weighted by molar-refractivity contribution is 5.93. The third-order valence-electron chi connectivity index (χ3n) is 6.94. The fourth-order valence-electron chi connectivity index (χ4n) is 5.01. The number of rotatable bonds is 10. The number of quaternary nitrogens is 1. The molecule has 3 N–H and O–H groups in total. The molecule has 3 aromatic rings. The van der Waals surface area contributed by atoms with Gasteiger partial charge in [-0.3, -0.25) is 9.59 Å². The van der Waals surface area contributed by atoms with E-state index in [1.165, 1.54) is 0 Å². The van der Waals surface area contributed by atoms with Crippen LogP contribution in [0.4, 0.5) is 0 Å². The average molecular weight is 491 g/mol. The zero-order chi connectivity index (χ0) is 25.9. The Morgan fingerprint density at radius 1 is 1.03 bits per heavy atom. The van der Waals surface area contributed by atoms with Gasteiger partial charge in [0.2, 0.25) is 11.8 Å². The number of carboxylic acids is 1. The normalized spacial score (nSPS) is 15.3. The van der Waals surface area contributed by atoms with E-state index in [-0.39, 0.29) is 12.3 Å². The highest BCUT2D eigenvalue weighted by atomic mass is 16.4. The second-order valence-corrected chi connectivity index (χ2v) is 10.8. The summed E-state index contributed by atoms with van der Waals surface area (Å²) in [7, 11) is 6.12. The van der Waals surface area contributed by atoms with Crippen LogP contribution in [0, 0.1) is 5.41 Å². The van der Waals surface area contributed by atoms with Crippen molar-refractivity contribution >= 4 is 28.7 Å². The van der Waals surface area contributed by atoms with Crippen LogP contribution in [0.3, 0.4) is 0 Å². The van der Waals surface area contributed by atoms with Gasteiger partial charge in [0, 0.05) is 35.9 Å². The van der Waals surface area contributed by atoms with Crippen molar-refractivity contribution in [3.05, 3.63) is 71.4 Å². The molecule has 190 valence electrons. The van der Waals surface area contributed by atoms with Crippen molar-refractivity contribution in [1.29, 1.82) is 0 Å². The number of carbonyl (C=O) groups is 3. The fraction of sp³-hybridized carbons (Fsp3) is 0.393. The summed E-state index contributed by atoms with van der Waals surface area (Å²) in [6.45, 7) is 1.18. The Kier molecular flexibility index (Phi) is 7.17. The van der Waals surface area contributed by atoms with Gasteiger partial charge in [-0.05, 0) is 35.6 Å². The van der Waals surface area contributed by atoms with E-state index >= 15 is 0 Å². The van der Waals surface area contributed by atoms with Gasteiger partial charge in [0.05, 0.1) is 39.6 Å². The van der Waals surface area contributed by atoms with E-state index in [1.54, 1.807) is 0 Å². The number of carbonyl (C=O) groups excluding carboxylic acids is 3. The molecule has 0 spiro atoms. The molecule has 0 bridgehead atoms. The number of H-pyrrole nitrogens is 1. The summed E-state index contributed by atoms with van der Waals surface area (Å²) >= 11 is 0. The molecule has 1 aliphatic carbocycles. The Hall–Kier alpha value is -3.65. The number of fused-ring (bicyclic) bond motifs is 2. The van der Waals surface area contributed by atoms with Crippen LogP contribution in [0.1, 0.15) is 23.1 Å². The van der Waals surface area contributed by atoms with E-state index in [1.807, 2.05) is 75.9 Å². The van der Waals surface area contributed by atoms with Gasteiger partial charge in [-0.25, -0.2) is 0 Å². The van der Waals surface area contributed by atoms with Crippen LogP contribution < -0.4 is 15.7 Å². The lowest BCUT2D eigenvalue weighted by atomic mass is 9.80. The number of aromatic amines is 1. The first-order valence-corrected chi connectivity index (χ1v) is 12.3. The summed E-state index contributed by atoms with van der Waals surface area (Å²) < 4.78 is 0.687. The Morgan fingerprint density at radius 3 is 2.31 bits per heavy atom. The van der Waals surface area contributed by atoms with Crippen LogP contribution >= 0.6 is 0 Å². The van der Waals surface area contributed by atoms with Gasteiger partial charge < -0.3 is 30.0 Å². The number of hydrogen-bond acceptors (Lipinski definition) is 4. The van der Waals surface area contributed by atoms with Crippen LogP contribution in [-0.2, 0) is 33.6 Å². The van der Waals surface area contributed by atoms with Crippen molar-refractivity contribution in [3.8, 4) is 0 Å². The quantitative estimate of drug-likeness (QED) is 0.367. The zero-order valence-electron chi connectivity index (χ0n) is 21.1. The molecule has 2 amide bonds. The number of hydrogen-bond donors (Lipinski definition) is 3. The van der Waals surface area contributed by atoms with Crippen molar-refractivity contribution in [2.45, 2.75) is 31.7 Å². The molecule has 1 aliphatic rings. The van der Waals surface area contributed by atoms with Gasteiger partial charge in [-0.1, -0.05) is 42.5 Å². The van der Waals surface area contributed by atoms with E-state index in [4.69, 9.17) is 0 Å². The highest BCUT2D eigenvalue weighted by Crippen LogP contribution is 2.40. The summed E-state index contributed by atoms with van der Waals surface area (Å²) in [6, 6.07) is 14.5. The molecular weight excluding hydrogens is 456 g/mol. The van der Waals surface area contributed by atoms with Gasteiger partial charge in [-0.2, -0.15) is 0 Å². The first-order chi connectivity index (χ1) is 17.1. The summed E-state index contributed by atoms with van der Waals surface area (Å²) in [4.78, 5) is 41.9. The number of amides is 2. The van der Waals surface area contributed by atoms with Crippen molar-refractivity contribution < 1.29 is 24.0 Å². The molecule has 0 saturated heterocycles. The van der Waals surface area contributed by atoms with E-state index in [0.717, 1.165) is 34.1 Å². The molecule has 0 saturated carbocycles. The minimum Gasteiger partial charge on any atom is -0.550 e. The minimum atomic E-state index is -1.28. The van der Waals surface area contributed by atoms with Crippen LogP contribution in [0.25, 0.3) is 10.9 Å². The average Bonchev–Trinajstić information content (AvgIpc) is 3.39. The summed E-state index contributed by atoms with van der Waals surface area (Å²) in [5.74, 6) is -2.01. The number of aromatic nitrogens is 1. The van der Waals surface area contributed by atoms with Crippen LogP contribution in [0.5, 0.6) is 0 Å². The fourth-order valence-corrected chi connectivity index (χ4v) is 5.01. The molecule has 36 heavy (non-hydrogen) atoms. The predicted octanol–water partition coefficient (Wildman–Crippen LogP) is 0.943. The van der Waals surface area contributed by atoms with Crippen molar-refractivity contribution in [1.82, 2.24) is 15.6 Å². The maximum atomic E-state index is 13.7. The molecule has 8 nitrogen and oxygen atoms in total. The number of nitrogens with zero attached hydrogens (tertiary/aromatic N) is 1. The molecule has 2 aromatic carbocycles. The van der Waals surface area contributed by atoms with E-state index < -0.39 is 29.8 Å². The molecule has 8 heteroatoms. The Balaban J connectivity index is 1.58. The Morgan fingerprint density at radius 2 is 1.67 bits per heavy atom. The third-order valence-corrected chi connectivity index (χ3v) is 6.94. The number of aliphatic carboxylic acids is 1. The molecule has 1 heterocycles. The molecule has 4 rings (SSSR count). The van der Waals surface area contributed by atoms with Crippen molar-refractivity contribution in [3.63, 3.8) is 0 Å². The largest absolute Gasteiger partial charge is 0.550 e. The number of carboxylic acid groups (broad SMARTS) is 1. The predicted molar refractivity (Wildman–Crippen MR) is 136 cm³/mol. The minimum absolute atomic E-state index is 0.278. The first kappa shape index (κ1) is 25.4. The molecule has 1 aromatic heterocycles. The molecule has 0 radical (unpaired) electrons. The summed E-state index contributed by atoms with van der Waals surface area (Å²) in [5, 5.41) is 18.6. The van der Waals surface area contributed by atoms with Gasteiger partial charge in [0.25, 0.3) is 0 Å². The van der Waals surface area contributed by atoms with E-state index in [9.17, 15) is 19.5 Å². The maximum absolute atomic E-state index is 13.7. The third kappa shape index (κ3) is 5.76. The first-order valence-electron chi connectivity index (χ1n) is 12.3. The van der Waals surface area contributed by atoms with Gasteiger partial charge in [0.1, 0.15) is 6.04 Å². The lowest BCUT2D eigenvalue weighted by Gasteiger charge is -2.31. The topological polar surface area (TPSA) is 114 Å². The molecule has 0 aliphatic heterocycles. The van der Waals surface area contributed by atoms with Crippen molar-refractivity contribution in [2.75, 3.05) is 34.2 Å². The Bertz CT molecular complexity index is 1250. The molecular formula is C28H34N4O4. The van der Waals surface area contributed by atoms with Gasteiger partial charge >= 0.3 is 0 Å². The standard InChI is InChI=1S/C28H34N4O4/c1-32(2,3)13-12-29-26(35)24(14-21-18-30-23-11-7-6-10-22(21)23)31-27(36)28(17-25(33)34)15-19-8-4-5-9-20(19)16-28/h4-11,18,24,30H,12-17H2,1-3H3,(H2-,29,31,33,34,35,36)/t24-/m0/s1. The zero-order valence-corrected chi connectivity index (χ0v) is 21.1. The Labute approximate surface area is 211 Å². The highest BCUT2D eigenvalue weighted by Gasteiger charge is 2.45. The number of likely N-dealkylation sites (N-methyl/N-ethyl adjacent to an activating group) is 1. The summed E-state index contributed by atoms with van der Waals surface area (Å²) in [6.07, 6.45) is 2.32. The monoisotopic (exact) mass is 490 g/mol. The lowest BCUT2D eigenvalue weighted by molar-refractivity contribution is -0.869. The summed E-state index contributed by atoms with van der Waals surface area (Å²) in [5.41, 5.74) is 2.57. The smallest absolute Gasteiger partial charge is 0.243 e. The number of para-hydroxylation sites is 1. The second-order valence-electron chi connectivity index (χ2n) is 10.8. The van der Waals surface area contributed by atoms with E-state index in [2.05, 4.69) is 15.6 Å². The SMILES string of the molecule is C[N+](C)(C)CCNC(=O)[C@H](Cc1c[nH]c2ccccc12)NC(=O)C1(CC(=O)[O-])Cc2ccccc2C1. The number of nitrogens with one attached hydrogen (secondary N) is 3. The van der Waals surface area contributed by atoms with Crippen LogP contribution in [-0.4, -0.2) is 67.5 Å². The molecule has 0 unspecified atom stereocenters. The van der Waals surface area contributed by atoms with Crippen molar-refractivity contribution in [2.24, 2.45) is 5.41 Å². The van der Waals surface area contributed by atoms with Gasteiger partial charge in [-0.15, -0.1) is 0 Å².